The van der Waals surface area contributed by atoms with Crippen LogP contribution >= 0.6 is 27.5 Å². The summed E-state index contributed by atoms with van der Waals surface area (Å²) in [4.78, 5) is -0.246. The maximum atomic E-state index is 13.1. The highest BCUT2D eigenvalue weighted by molar-refractivity contribution is 9.09. The van der Waals surface area contributed by atoms with Crippen molar-refractivity contribution in [3.05, 3.63) is 29.0 Å². The van der Waals surface area contributed by atoms with E-state index >= 15 is 0 Å². The number of halogens is 3. The summed E-state index contributed by atoms with van der Waals surface area (Å²) in [5.74, 6) is -0.642. The molecule has 1 aromatic rings. The predicted octanol–water partition coefficient (Wildman–Crippen LogP) is 3.32. The summed E-state index contributed by atoms with van der Waals surface area (Å²) in [6.07, 6.45) is 0.588. The number of sulfonamides is 1. The molecule has 0 aliphatic rings. The molecular formula is C11H14BrClFNO2S. The Morgan fingerprint density at radius 2 is 2.11 bits per heavy atom. The highest BCUT2D eigenvalue weighted by Crippen LogP contribution is 2.24. The van der Waals surface area contributed by atoms with Crippen LogP contribution < -0.4 is 4.72 Å². The summed E-state index contributed by atoms with van der Waals surface area (Å²) < 4.78 is 40.0. The van der Waals surface area contributed by atoms with Crippen molar-refractivity contribution in [1.82, 2.24) is 4.72 Å². The molecule has 0 saturated carbocycles. The molecule has 1 aromatic carbocycles. The highest BCUT2D eigenvalue weighted by atomic mass is 79.9. The van der Waals surface area contributed by atoms with Crippen molar-refractivity contribution in [3.63, 3.8) is 0 Å². The lowest BCUT2D eigenvalue weighted by molar-refractivity contribution is 0.449. The Morgan fingerprint density at radius 3 is 2.61 bits per heavy atom. The van der Waals surface area contributed by atoms with Crippen LogP contribution in [0.5, 0.6) is 0 Å². The molecule has 1 atom stereocenters. The van der Waals surface area contributed by atoms with Crippen molar-refractivity contribution in [2.24, 2.45) is 0 Å². The second kappa shape index (κ2) is 5.86. The Kier molecular flexibility index (Phi) is 5.17. The van der Waals surface area contributed by atoms with E-state index in [2.05, 4.69) is 20.7 Å². The smallest absolute Gasteiger partial charge is 0.207 e. The van der Waals surface area contributed by atoms with Crippen LogP contribution in [0.3, 0.4) is 0 Å². The molecule has 18 heavy (non-hydrogen) atoms. The maximum Gasteiger partial charge on any atom is 0.242 e. The molecule has 1 unspecified atom stereocenters. The van der Waals surface area contributed by atoms with Gasteiger partial charge in [-0.15, -0.1) is 0 Å². The van der Waals surface area contributed by atoms with Crippen molar-refractivity contribution in [2.45, 2.75) is 30.7 Å². The van der Waals surface area contributed by atoms with Gasteiger partial charge in [0.15, 0.2) is 0 Å². The average molecular weight is 359 g/mol. The van der Waals surface area contributed by atoms with Crippen molar-refractivity contribution in [3.8, 4) is 0 Å². The van der Waals surface area contributed by atoms with Crippen LogP contribution in [0, 0.1) is 5.82 Å². The Balaban J connectivity index is 3.18. The van der Waals surface area contributed by atoms with Gasteiger partial charge < -0.3 is 0 Å². The third-order valence-electron chi connectivity index (χ3n) is 2.64. The highest BCUT2D eigenvalue weighted by Gasteiger charge is 2.29. The molecular weight excluding hydrogens is 345 g/mol. The SMILES string of the molecule is CCC(C)(CBr)NS(=O)(=O)c1cc(F)ccc1Cl. The lowest BCUT2D eigenvalue weighted by Gasteiger charge is -2.27. The van der Waals surface area contributed by atoms with Gasteiger partial charge in [-0.1, -0.05) is 34.5 Å². The molecule has 3 nitrogen and oxygen atoms in total. The molecule has 0 aliphatic heterocycles. The van der Waals surface area contributed by atoms with Gasteiger partial charge in [0, 0.05) is 10.9 Å². The van der Waals surface area contributed by atoms with E-state index in [4.69, 9.17) is 11.6 Å². The van der Waals surface area contributed by atoms with Crippen LogP contribution in [0.1, 0.15) is 20.3 Å². The Bertz CT molecular complexity index is 532. The van der Waals surface area contributed by atoms with E-state index in [9.17, 15) is 12.8 Å². The second-order valence-electron chi connectivity index (χ2n) is 4.23. The van der Waals surface area contributed by atoms with Crippen molar-refractivity contribution < 1.29 is 12.8 Å². The van der Waals surface area contributed by atoms with E-state index in [-0.39, 0.29) is 9.92 Å². The third kappa shape index (κ3) is 3.66. The average Bonchev–Trinajstić information content (AvgIpc) is 2.31. The summed E-state index contributed by atoms with van der Waals surface area (Å²) in [5, 5.41) is 0.444. The van der Waals surface area contributed by atoms with Gasteiger partial charge in [-0.2, -0.15) is 0 Å². The first-order chi connectivity index (χ1) is 8.24. The fourth-order valence-corrected chi connectivity index (χ4v) is 3.97. The number of rotatable bonds is 5. The van der Waals surface area contributed by atoms with Crippen LogP contribution in [0.4, 0.5) is 4.39 Å². The molecule has 0 amide bonds. The van der Waals surface area contributed by atoms with Gasteiger partial charge in [-0.25, -0.2) is 17.5 Å². The van der Waals surface area contributed by atoms with Crippen molar-refractivity contribution in [1.29, 1.82) is 0 Å². The number of benzene rings is 1. The normalized spacial score (nSPS) is 15.4. The van der Waals surface area contributed by atoms with Gasteiger partial charge >= 0.3 is 0 Å². The van der Waals surface area contributed by atoms with E-state index in [1.54, 1.807) is 6.92 Å². The van der Waals surface area contributed by atoms with Crippen molar-refractivity contribution >= 4 is 37.6 Å². The van der Waals surface area contributed by atoms with Crippen molar-refractivity contribution in [2.75, 3.05) is 5.33 Å². The Hall–Kier alpha value is -0.170. The number of hydrogen-bond donors (Lipinski definition) is 1. The van der Waals surface area contributed by atoms with E-state index < -0.39 is 21.4 Å². The molecule has 1 rings (SSSR count). The number of nitrogens with one attached hydrogen (secondary N) is 1. The van der Waals surface area contributed by atoms with Gasteiger partial charge in [-0.3, -0.25) is 0 Å². The van der Waals surface area contributed by atoms with E-state index in [0.717, 1.165) is 12.1 Å². The molecule has 7 heteroatoms. The maximum absolute atomic E-state index is 13.1. The lowest BCUT2D eigenvalue weighted by Crippen LogP contribution is -2.46. The Labute approximate surface area is 120 Å². The molecule has 102 valence electrons. The van der Waals surface area contributed by atoms with Crippen LogP contribution in [0.2, 0.25) is 5.02 Å². The molecule has 0 heterocycles. The van der Waals surface area contributed by atoms with E-state index in [0.29, 0.717) is 11.8 Å². The third-order valence-corrected chi connectivity index (χ3v) is 6.00. The van der Waals surface area contributed by atoms with Crippen LogP contribution in [-0.2, 0) is 10.0 Å². The van der Waals surface area contributed by atoms with E-state index in [1.165, 1.54) is 6.07 Å². The molecule has 0 spiro atoms. The Morgan fingerprint density at radius 1 is 1.50 bits per heavy atom. The first kappa shape index (κ1) is 15.9. The van der Waals surface area contributed by atoms with Gasteiger partial charge in [0.2, 0.25) is 10.0 Å². The molecule has 0 bridgehead atoms. The van der Waals surface area contributed by atoms with E-state index in [1.807, 2.05) is 6.92 Å². The molecule has 0 aliphatic carbocycles. The molecule has 0 aromatic heterocycles. The van der Waals surface area contributed by atoms with Gasteiger partial charge in [0.25, 0.3) is 0 Å². The van der Waals surface area contributed by atoms with Crippen LogP contribution in [0.15, 0.2) is 23.1 Å². The first-order valence-corrected chi connectivity index (χ1v) is 8.27. The summed E-state index contributed by atoms with van der Waals surface area (Å²) in [5.41, 5.74) is -0.644. The predicted molar refractivity (Wildman–Crippen MR) is 74.2 cm³/mol. The standard InChI is InChI=1S/C11H14BrClFNO2S/c1-3-11(2,7-12)15-18(16,17)10-6-8(14)4-5-9(10)13/h4-6,15H,3,7H2,1-2H3. The zero-order chi connectivity index (χ0) is 14.0. The van der Waals surface area contributed by atoms with Gasteiger partial charge in [0.05, 0.1) is 5.02 Å². The molecule has 0 radical (unpaired) electrons. The molecule has 0 saturated heterocycles. The topological polar surface area (TPSA) is 46.2 Å². The molecule has 0 fully saturated rings. The fourth-order valence-electron chi connectivity index (χ4n) is 1.26. The van der Waals surface area contributed by atoms with Gasteiger partial charge in [-0.05, 0) is 31.5 Å². The lowest BCUT2D eigenvalue weighted by atomic mass is 10.0. The zero-order valence-electron chi connectivity index (χ0n) is 10.0. The quantitative estimate of drug-likeness (QED) is 0.821. The van der Waals surface area contributed by atoms with Crippen LogP contribution in [-0.4, -0.2) is 19.3 Å². The fraction of sp³-hybridized carbons (Fsp3) is 0.455. The van der Waals surface area contributed by atoms with Crippen LogP contribution in [0.25, 0.3) is 0 Å². The largest absolute Gasteiger partial charge is 0.242 e. The first-order valence-electron chi connectivity index (χ1n) is 5.29. The zero-order valence-corrected chi connectivity index (χ0v) is 13.2. The summed E-state index contributed by atoms with van der Waals surface area (Å²) >= 11 is 9.05. The minimum Gasteiger partial charge on any atom is -0.207 e. The number of alkyl halides is 1. The summed E-state index contributed by atoms with van der Waals surface area (Å²) in [6, 6.07) is 3.25. The monoisotopic (exact) mass is 357 g/mol. The minimum atomic E-state index is -3.85. The summed E-state index contributed by atoms with van der Waals surface area (Å²) in [7, 11) is -3.85. The second-order valence-corrected chi connectivity index (χ2v) is 6.85. The van der Waals surface area contributed by atoms with Gasteiger partial charge in [0.1, 0.15) is 10.7 Å². The minimum absolute atomic E-state index is 0.00285. The molecule has 1 N–H and O–H groups in total. The summed E-state index contributed by atoms with van der Waals surface area (Å²) in [6.45, 7) is 3.61. The number of hydrogen-bond acceptors (Lipinski definition) is 2.